The monoisotopic (exact) mass is 159 g/mol. The van der Waals surface area contributed by atoms with Crippen molar-refractivity contribution < 1.29 is 4.39 Å². The van der Waals surface area contributed by atoms with Crippen molar-refractivity contribution in [2.24, 2.45) is 0 Å². The molecule has 0 amide bonds. The van der Waals surface area contributed by atoms with Crippen LogP contribution in [-0.4, -0.2) is 29.7 Å². The van der Waals surface area contributed by atoms with E-state index >= 15 is 0 Å². The van der Waals surface area contributed by atoms with E-state index in [1.54, 1.807) is 6.92 Å². The molecule has 0 aromatic rings. The number of rotatable bonds is 2. The smallest absolute Gasteiger partial charge is 0.111 e. The van der Waals surface area contributed by atoms with Gasteiger partial charge in [-0.15, -0.1) is 0 Å². The maximum atomic E-state index is 13.1. The summed E-state index contributed by atoms with van der Waals surface area (Å²) in [5, 5.41) is 0. The molecule has 2 heteroatoms. The summed E-state index contributed by atoms with van der Waals surface area (Å²) in [6.45, 7) is 5.99. The van der Waals surface area contributed by atoms with Gasteiger partial charge >= 0.3 is 0 Å². The average Bonchev–Trinajstić information content (AvgIpc) is 1.80. The highest BCUT2D eigenvalue weighted by molar-refractivity contribution is 4.96. The number of hydrogen-bond donors (Lipinski definition) is 0. The van der Waals surface area contributed by atoms with E-state index in [0.29, 0.717) is 24.9 Å². The summed E-state index contributed by atoms with van der Waals surface area (Å²) >= 11 is 0. The summed E-state index contributed by atoms with van der Waals surface area (Å²) in [7, 11) is 2.07. The lowest BCUT2D eigenvalue weighted by atomic mass is 9.78. The molecule has 66 valence electrons. The molecular weight excluding hydrogens is 141 g/mol. The summed E-state index contributed by atoms with van der Waals surface area (Å²) in [5.74, 6) is 0. The van der Waals surface area contributed by atoms with Crippen LogP contribution in [0.3, 0.4) is 0 Å². The maximum Gasteiger partial charge on any atom is 0.111 e. The molecule has 1 fully saturated rings. The Morgan fingerprint density at radius 1 is 1.45 bits per heavy atom. The van der Waals surface area contributed by atoms with Crippen LogP contribution >= 0.6 is 0 Å². The van der Waals surface area contributed by atoms with Gasteiger partial charge in [0.2, 0.25) is 0 Å². The Hall–Kier alpha value is -0.110. The molecule has 1 aliphatic rings. The summed E-state index contributed by atoms with van der Waals surface area (Å²) < 4.78 is 13.1. The van der Waals surface area contributed by atoms with Crippen LogP contribution in [0.2, 0.25) is 0 Å². The molecule has 1 rings (SSSR count). The summed E-state index contributed by atoms with van der Waals surface area (Å²) in [6.07, 6.45) is 1.42. The van der Waals surface area contributed by atoms with Crippen molar-refractivity contribution >= 4 is 0 Å². The van der Waals surface area contributed by atoms with Crippen LogP contribution in [0, 0.1) is 0 Å². The van der Waals surface area contributed by atoms with E-state index in [-0.39, 0.29) is 0 Å². The van der Waals surface area contributed by atoms with Crippen molar-refractivity contribution in [2.45, 2.75) is 51.4 Å². The van der Waals surface area contributed by atoms with Crippen molar-refractivity contribution in [2.75, 3.05) is 7.05 Å². The zero-order chi connectivity index (χ0) is 8.65. The van der Waals surface area contributed by atoms with E-state index in [0.717, 1.165) is 0 Å². The molecule has 0 aromatic carbocycles. The first-order valence-electron chi connectivity index (χ1n) is 4.33. The second-order valence-corrected chi connectivity index (χ2v) is 4.23. The molecule has 0 bridgehead atoms. The minimum Gasteiger partial charge on any atom is -0.301 e. The van der Waals surface area contributed by atoms with Gasteiger partial charge in [-0.1, -0.05) is 0 Å². The third-order valence-electron chi connectivity index (χ3n) is 2.71. The third kappa shape index (κ3) is 1.92. The van der Waals surface area contributed by atoms with Crippen molar-refractivity contribution in [3.63, 3.8) is 0 Å². The molecule has 11 heavy (non-hydrogen) atoms. The molecule has 1 aliphatic carbocycles. The molecule has 0 unspecified atom stereocenters. The minimum atomic E-state index is -0.881. The van der Waals surface area contributed by atoms with Crippen LogP contribution in [0.5, 0.6) is 0 Å². The summed E-state index contributed by atoms with van der Waals surface area (Å²) in [5.41, 5.74) is -0.881. The average molecular weight is 159 g/mol. The van der Waals surface area contributed by atoms with E-state index in [1.807, 2.05) is 0 Å². The molecular formula is C9H18FN. The molecule has 1 nitrogen and oxygen atoms in total. The molecule has 0 saturated heterocycles. The predicted molar refractivity (Wildman–Crippen MR) is 45.4 cm³/mol. The Balaban J connectivity index is 2.32. The number of alkyl halides is 1. The Kier molecular flexibility index (Phi) is 2.24. The normalized spacial score (nSPS) is 37.9. The van der Waals surface area contributed by atoms with Gasteiger partial charge in [-0.2, -0.15) is 0 Å². The summed E-state index contributed by atoms with van der Waals surface area (Å²) in [6, 6.07) is 1.01. The fourth-order valence-electron chi connectivity index (χ4n) is 1.63. The molecule has 0 radical (unpaired) electrons. The highest BCUT2D eigenvalue weighted by Gasteiger charge is 2.42. The Bertz CT molecular complexity index is 134. The molecule has 0 atom stereocenters. The first-order chi connectivity index (χ1) is 4.92. The lowest BCUT2D eigenvalue weighted by molar-refractivity contribution is -0.0160. The third-order valence-corrected chi connectivity index (χ3v) is 2.71. The molecule has 0 N–H and O–H groups in total. The van der Waals surface area contributed by atoms with Gasteiger partial charge in [0.05, 0.1) is 0 Å². The van der Waals surface area contributed by atoms with Crippen molar-refractivity contribution in [3.05, 3.63) is 0 Å². The van der Waals surface area contributed by atoms with E-state index in [2.05, 4.69) is 25.8 Å². The molecule has 0 spiro atoms. The number of halogens is 1. The standard InChI is InChI=1S/C9H18FN/c1-7(2)11(4)8-5-9(3,10)6-8/h7-8H,5-6H2,1-4H3. The zero-order valence-corrected chi connectivity index (χ0v) is 7.89. The highest BCUT2D eigenvalue weighted by Crippen LogP contribution is 2.38. The van der Waals surface area contributed by atoms with Crippen LogP contribution < -0.4 is 0 Å². The van der Waals surface area contributed by atoms with E-state index in [4.69, 9.17) is 0 Å². The quantitative estimate of drug-likeness (QED) is 0.597. The molecule has 0 aliphatic heterocycles. The van der Waals surface area contributed by atoms with Gasteiger partial charge in [-0.05, 0) is 40.7 Å². The fraction of sp³-hybridized carbons (Fsp3) is 1.00. The predicted octanol–water partition coefficient (Wildman–Crippen LogP) is 2.22. The van der Waals surface area contributed by atoms with Gasteiger partial charge in [0.15, 0.2) is 0 Å². The Morgan fingerprint density at radius 3 is 2.18 bits per heavy atom. The van der Waals surface area contributed by atoms with E-state index < -0.39 is 5.67 Å². The molecule has 1 saturated carbocycles. The molecule has 0 aromatic heterocycles. The SMILES string of the molecule is CC(C)N(C)C1CC(C)(F)C1. The van der Waals surface area contributed by atoms with Gasteiger partial charge in [-0.3, -0.25) is 0 Å². The van der Waals surface area contributed by atoms with Gasteiger partial charge in [-0.25, -0.2) is 4.39 Å². The highest BCUT2D eigenvalue weighted by atomic mass is 19.1. The number of hydrogen-bond acceptors (Lipinski definition) is 1. The maximum absolute atomic E-state index is 13.1. The van der Waals surface area contributed by atoms with Crippen LogP contribution in [0.1, 0.15) is 33.6 Å². The van der Waals surface area contributed by atoms with Gasteiger partial charge in [0.1, 0.15) is 5.67 Å². The number of nitrogens with zero attached hydrogens (tertiary/aromatic N) is 1. The first kappa shape index (κ1) is 8.98. The van der Waals surface area contributed by atoms with Gasteiger partial charge in [0, 0.05) is 12.1 Å². The fourth-order valence-corrected chi connectivity index (χ4v) is 1.63. The Morgan fingerprint density at radius 2 is 1.91 bits per heavy atom. The van der Waals surface area contributed by atoms with Crippen molar-refractivity contribution in [1.29, 1.82) is 0 Å². The van der Waals surface area contributed by atoms with E-state index in [1.165, 1.54) is 0 Å². The Labute approximate surface area is 68.6 Å². The lowest BCUT2D eigenvalue weighted by Crippen LogP contribution is -2.51. The van der Waals surface area contributed by atoms with Crippen LogP contribution in [-0.2, 0) is 0 Å². The largest absolute Gasteiger partial charge is 0.301 e. The lowest BCUT2D eigenvalue weighted by Gasteiger charge is -2.45. The second kappa shape index (κ2) is 2.74. The topological polar surface area (TPSA) is 3.24 Å². The van der Waals surface area contributed by atoms with Crippen LogP contribution in [0.15, 0.2) is 0 Å². The second-order valence-electron chi connectivity index (χ2n) is 4.23. The summed E-state index contributed by atoms with van der Waals surface area (Å²) in [4.78, 5) is 2.25. The first-order valence-corrected chi connectivity index (χ1v) is 4.33. The van der Waals surface area contributed by atoms with Gasteiger partial charge in [0.25, 0.3) is 0 Å². The van der Waals surface area contributed by atoms with Crippen LogP contribution in [0.25, 0.3) is 0 Å². The molecule has 0 heterocycles. The van der Waals surface area contributed by atoms with Crippen molar-refractivity contribution in [1.82, 2.24) is 4.90 Å². The van der Waals surface area contributed by atoms with Crippen molar-refractivity contribution in [3.8, 4) is 0 Å². The van der Waals surface area contributed by atoms with E-state index in [9.17, 15) is 4.39 Å². The van der Waals surface area contributed by atoms with Crippen LogP contribution in [0.4, 0.5) is 4.39 Å². The zero-order valence-electron chi connectivity index (χ0n) is 7.89. The van der Waals surface area contributed by atoms with Gasteiger partial charge < -0.3 is 4.90 Å². The minimum absolute atomic E-state index is 0.477.